The highest BCUT2D eigenvalue weighted by Crippen LogP contribution is 2.26. The Morgan fingerprint density at radius 1 is 1.22 bits per heavy atom. The lowest BCUT2D eigenvalue weighted by Crippen LogP contribution is -2.38. The Morgan fingerprint density at radius 3 is 2.11 bits per heavy atom. The van der Waals surface area contributed by atoms with Crippen molar-refractivity contribution in [3.63, 3.8) is 0 Å². The number of benzene rings is 1. The van der Waals surface area contributed by atoms with Crippen molar-refractivity contribution in [2.24, 2.45) is 0 Å². The molecule has 1 atom stereocenters. The van der Waals surface area contributed by atoms with Gasteiger partial charge in [-0.1, -0.05) is 0 Å². The van der Waals surface area contributed by atoms with Crippen LogP contribution in [0.1, 0.15) is 43.6 Å². The predicted octanol–water partition coefficient (Wildman–Crippen LogP) is 2.73. The second kappa shape index (κ2) is 5.72. The van der Waals surface area contributed by atoms with E-state index in [1.807, 2.05) is 26.0 Å². The second-order valence-corrected chi connectivity index (χ2v) is 5.82. The van der Waals surface area contributed by atoms with Crippen LogP contribution in [-0.4, -0.2) is 24.3 Å². The van der Waals surface area contributed by atoms with E-state index in [-0.39, 0.29) is 5.54 Å². The van der Waals surface area contributed by atoms with Gasteiger partial charge in [-0.25, -0.2) is 0 Å². The molecule has 0 bridgehead atoms. The smallest absolute Gasteiger partial charge is 0.119 e. The molecule has 0 saturated heterocycles. The normalized spacial score (nSPS) is 13.5. The number of rotatable bonds is 4. The second-order valence-electron chi connectivity index (χ2n) is 5.82. The van der Waals surface area contributed by atoms with Crippen LogP contribution in [0.2, 0.25) is 0 Å². The Bertz CT molecular complexity index is 384. The molecule has 3 nitrogen and oxygen atoms in total. The molecule has 0 amide bonds. The standard InChI is InChI=1S/C15H25NO2/c1-10-7-12(18-6)8-11(2)14(10)13(17)9-16-15(3,4)5/h7-8,13,16-17H,9H2,1-6H3. The Labute approximate surface area is 110 Å². The molecule has 0 heterocycles. The summed E-state index contributed by atoms with van der Waals surface area (Å²) in [5, 5.41) is 13.6. The van der Waals surface area contributed by atoms with Crippen LogP contribution in [0.15, 0.2) is 12.1 Å². The van der Waals surface area contributed by atoms with Crippen LogP contribution in [0, 0.1) is 13.8 Å². The quantitative estimate of drug-likeness (QED) is 0.864. The molecule has 1 aromatic carbocycles. The molecule has 0 fully saturated rings. The largest absolute Gasteiger partial charge is 0.497 e. The molecule has 1 rings (SSSR count). The van der Waals surface area contributed by atoms with Crippen molar-refractivity contribution in [2.75, 3.05) is 13.7 Å². The lowest BCUT2D eigenvalue weighted by Gasteiger charge is -2.24. The van der Waals surface area contributed by atoms with E-state index in [0.29, 0.717) is 6.54 Å². The van der Waals surface area contributed by atoms with Crippen LogP contribution in [0.5, 0.6) is 5.75 Å². The molecule has 3 heteroatoms. The van der Waals surface area contributed by atoms with Crippen LogP contribution in [0.3, 0.4) is 0 Å². The van der Waals surface area contributed by atoms with Gasteiger partial charge in [0.15, 0.2) is 0 Å². The maximum atomic E-state index is 10.3. The number of hydrogen-bond acceptors (Lipinski definition) is 3. The third-order valence-corrected chi connectivity index (χ3v) is 2.96. The van der Waals surface area contributed by atoms with Crippen LogP contribution >= 0.6 is 0 Å². The average Bonchev–Trinajstić information content (AvgIpc) is 2.24. The first kappa shape index (κ1) is 15.0. The molecule has 0 saturated carbocycles. The number of nitrogens with one attached hydrogen (secondary N) is 1. The summed E-state index contributed by atoms with van der Waals surface area (Å²) in [7, 11) is 1.66. The van der Waals surface area contributed by atoms with Crippen molar-refractivity contribution in [3.05, 3.63) is 28.8 Å². The maximum Gasteiger partial charge on any atom is 0.119 e. The number of aliphatic hydroxyl groups excluding tert-OH is 1. The van der Waals surface area contributed by atoms with E-state index >= 15 is 0 Å². The Balaban J connectivity index is 2.89. The Morgan fingerprint density at radius 2 is 1.72 bits per heavy atom. The van der Waals surface area contributed by atoms with E-state index in [2.05, 4.69) is 26.1 Å². The lowest BCUT2D eigenvalue weighted by atomic mass is 9.96. The summed E-state index contributed by atoms with van der Waals surface area (Å²) in [6.07, 6.45) is -0.491. The predicted molar refractivity (Wildman–Crippen MR) is 75.2 cm³/mol. The summed E-state index contributed by atoms with van der Waals surface area (Å²) in [4.78, 5) is 0. The number of aryl methyl sites for hydroxylation is 2. The zero-order chi connectivity index (χ0) is 13.9. The highest BCUT2D eigenvalue weighted by molar-refractivity contribution is 5.42. The van der Waals surface area contributed by atoms with Crippen molar-refractivity contribution < 1.29 is 9.84 Å². The van der Waals surface area contributed by atoms with E-state index < -0.39 is 6.10 Å². The molecule has 0 radical (unpaired) electrons. The fraction of sp³-hybridized carbons (Fsp3) is 0.600. The van der Waals surface area contributed by atoms with Gasteiger partial charge < -0.3 is 15.2 Å². The van der Waals surface area contributed by atoms with E-state index in [0.717, 1.165) is 22.4 Å². The summed E-state index contributed by atoms with van der Waals surface area (Å²) < 4.78 is 5.23. The number of aliphatic hydroxyl groups is 1. The average molecular weight is 251 g/mol. The van der Waals surface area contributed by atoms with Crippen LogP contribution < -0.4 is 10.1 Å². The van der Waals surface area contributed by atoms with Gasteiger partial charge in [0.25, 0.3) is 0 Å². The van der Waals surface area contributed by atoms with Gasteiger partial charge in [-0.15, -0.1) is 0 Å². The minimum absolute atomic E-state index is 0.00919. The highest BCUT2D eigenvalue weighted by Gasteiger charge is 2.17. The summed E-state index contributed by atoms with van der Waals surface area (Å²) in [6, 6.07) is 3.92. The van der Waals surface area contributed by atoms with Gasteiger partial charge in [0.1, 0.15) is 5.75 Å². The zero-order valence-corrected chi connectivity index (χ0v) is 12.3. The minimum atomic E-state index is -0.491. The Kier molecular flexibility index (Phi) is 4.77. The topological polar surface area (TPSA) is 41.5 Å². The van der Waals surface area contributed by atoms with Crippen molar-refractivity contribution in [1.82, 2.24) is 5.32 Å². The zero-order valence-electron chi connectivity index (χ0n) is 12.3. The number of hydrogen-bond donors (Lipinski definition) is 2. The third kappa shape index (κ3) is 4.00. The molecule has 0 aliphatic rings. The molecule has 1 unspecified atom stereocenters. The lowest BCUT2D eigenvalue weighted by molar-refractivity contribution is 0.162. The van der Waals surface area contributed by atoms with Crippen LogP contribution in [0.25, 0.3) is 0 Å². The van der Waals surface area contributed by atoms with Crippen LogP contribution in [-0.2, 0) is 0 Å². The fourth-order valence-corrected chi connectivity index (χ4v) is 2.08. The number of methoxy groups -OCH3 is 1. The molecule has 0 aliphatic heterocycles. The number of β-amino-alcohol motifs (C(OH)–C–C–N with tert-alkyl or cyclic N) is 1. The first-order valence-corrected chi connectivity index (χ1v) is 6.33. The van der Waals surface area contributed by atoms with Gasteiger partial charge in [-0.05, 0) is 63.4 Å². The fourth-order valence-electron chi connectivity index (χ4n) is 2.08. The van der Waals surface area contributed by atoms with Gasteiger partial charge in [0, 0.05) is 12.1 Å². The molecule has 1 aromatic rings. The first-order chi connectivity index (χ1) is 8.24. The minimum Gasteiger partial charge on any atom is -0.497 e. The van der Waals surface area contributed by atoms with Crippen molar-refractivity contribution in [2.45, 2.75) is 46.3 Å². The maximum absolute atomic E-state index is 10.3. The van der Waals surface area contributed by atoms with Gasteiger partial charge in [-0.2, -0.15) is 0 Å². The van der Waals surface area contributed by atoms with Crippen molar-refractivity contribution in [3.8, 4) is 5.75 Å². The monoisotopic (exact) mass is 251 g/mol. The van der Waals surface area contributed by atoms with Gasteiger partial charge in [0.2, 0.25) is 0 Å². The van der Waals surface area contributed by atoms with E-state index in [4.69, 9.17) is 4.74 Å². The molecule has 0 aliphatic carbocycles. The SMILES string of the molecule is COc1cc(C)c(C(O)CNC(C)(C)C)c(C)c1. The summed E-state index contributed by atoms with van der Waals surface area (Å²) in [5.41, 5.74) is 3.13. The van der Waals surface area contributed by atoms with Gasteiger partial charge >= 0.3 is 0 Å². The van der Waals surface area contributed by atoms with E-state index in [1.54, 1.807) is 7.11 Å². The molecular weight excluding hydrogens is 226 g/mol. The molecule has 0 aromatic heterocycles. The van der Waals surface area contributed by atoms with E-state index in [1.165, 1.54) is 0 Å². The Hall–Kier alpha value is -1.06. The molecule has 2 N–H and O–H groups in total. The first-order valence-electron chi connectivity index (χ1n) is 6.33. The summed E-state index contributed by atoms with van der Waals surface area (Å²) >= 11 is 0. The van der Waals surface area contributed by atoms with E-state index in [9.17, 15) is 5.11 Å². The summed E-state index contributed by atoms with van der Waals surface area (Å²) in [6.45, 7) is 10.8. The van der Waals surface area contributed by atoms with Gasteiger partial charge in [-0.3, -0.25) is 0 Å². The van der Waals surface area contributed by atoms with Crippen LogP contribution in [0.4, 0.5) is 0 Å². The van der Waals surface area contributed by atoms with Crippen molar-refractivity contribution in [1.29, 1.82) is 0 Å². The third-order valence-electron chi connectivity index (χ3n) is 2.96. The van der Waals surface area contributed by atoms with Gasteiger partial charge in [0.05, 0.1) is 13.2 Å². The van der Waals surface area contributed by atoms with Crippen molar-refractivity contribution >= 4 is 0 Å². The molecule has 0 spiro atoms. The molecular formula is C15H25NO2. The highest BCUT2D eigenvalue weighted by atomic mass is 16.5. The summed E-state index contributed by atoms with van der Waals surface area (Å²) in [5.74, 6) is 0.838. The number of ether oxygens (including phenoxy) is 1. The molecule has 18 heavy (non-hydrogen) atoms. The molecule has 102 valence electrons.